The van der Waals surface area contributed by atoms with Crippen molar-refractivity contribution in [3.63, 3.8) is 0 Å². The van der Waals surface area contributed by atoms with Crippen molar-refractivity contribution in [2.75, 3.05) is 58.4 Å². The smallest absolute Gasteiger partial charge is 0.0593 e. The first kappa shape index (κ1) is 16.3. The molecule has 0 saturated carbocycles. The van der Waals surface area contributed by atoms with E-state index in [0.717, 1.165) is 32.8 Å². The molecule has 0 unspecified atom stereocenters. The molecule has 0 aromatic heterocycles. The summed E-state index contributed by atoms with van der Waals surface area (Å²) in [5.41, 5.74) is 2.70. The summed E-state index contributed by atoms with van der Waals surface area (Å²) in [4.78, 5) is 4.60. The summed E-state index contributed by atoms with van der Waals surface area (Å²) in [5, 5.41) is 3.43. The number of hydrogen-bond donors (Lipinski definition) is 1. The Labute approximate surface area is 129 Å². The van der Waals surface area contributed by atoms with E-state index in [2.05, 4.69) is 53.5 Å². The third-order valence-corrected chi connectivity index (χ3v) is 3.84. The van der Waals surface area contributed by atoms with Gasteiger partial charge in [-0.1, -0.05) is 12.1 Å². The number of ether oxygens (including phenoxy) is 1. The van der Waals surface area contributed by atoms with Crippen molar-refractivity contribution in [2.24, 2.45) is 0 Å². The van der Waals surface area contributed by atoms with Gasteiger partial charge in [-0.2, -0.15) is 0 Å². The van der Waals surface area contributed by atoms with E-state index in [1.807, 2.05) is 0 Å². The zero-order valence-corrected chi connectivity index (χ0v) is 13.5. The van der Waals surface area contributed by atoms with Gasteiger partial charge in [0.2, 0.25) is 0 Å². The second kappa shape index (κ2) is 9.03. The Bertz CT molecular complexity index is 386. The first-order chi connectivity index (χ1) is 10.3. The van der Waals surface area contributed by atoms with Crippen LogP contribution in [0.2, 0.25) is 0 Å². The zero-order chi connectivity index (χ0) is 14.9. The topological polar surface area (TPSA) is 27.7 Å². The third-order valence-electron chi connectivity index (χ3n) is 3.84. The number of hydrogen-bond acceptors (Lipinski definition) is 4. The number of nitrogens with zero attached hydrogens (tertiary/aromatic N) is 2. The summed E-state index contributed by atoms with van der Waals surface area (Å²) in [6.45, 7) is 6.80. The molecule has 0 spiro atoms. The molecule has 1 fully saturated rings. The van der Waals surface area contributed by atoms with Gasteiger partial charge in [0.05, 0.1) is 13.2 Å². The molecule has 1 aliphatic rings. The Balaban J connectivity index is 1.58. The van der Waals surface area contributed by atoms with Crippen molar-refractivity contribution in [1.82, 2.24) is 10.2 Å². The molecule has 0 radical (unpaired) electrons. The molecular weight excluding hydrogens is 262 g/mol. The van der Waals surface area contributed by atoms with Gasteiger partial charge in [-0.15, -0.1) is 0 Å². The minimum absolute atomic E-state index is 0.777. The molecule has 4 nitrogen and oxygen atoms in total. The second-order valence-electron chi connectivity index (χ2n) is 5.95. The van der Waals surface area contributed by atoms with Gasteiger partial charge in [-0.25, -0.2) is 0 Å². The van der Waals surface area contributed by atoms with Crippen LogP contribution in [-0.2, 0) is 11.3 Å². The summed E-state index contributed by atoms with van der Waals surface area (Å²) in [6.07, 6.45) is 2.66. The summed E-state index contributed by atoms with van der Waals surface area (Å²) in [6, 6.07) is 8.95. The van der Waals surface area contributed by atoms with Crippen LogP contribution in [0.3, 0.4) is 0 Å². The van der Waals surface area contributed by atoms with Crippen LogP contribution in [0.4, 0.5) is 5.69 Å². The quantitative estimate of drug-likeness (QED) is 0.704. The van der Waals surface area contributed by atoms with Gasteiger partial charge in [0.25, 0.3) is 0 Å². The molecule has 21 heavy (non-hydrogen) atoms. The molecule has 0 aliphatic carbocycles. The van der Waals surface area contributed by atoms with Gasteiger partial charge in [0.15, 0.2) is 0 Å². The van der Waals surface area contributed by atoms with Crippen molar-refractivity contribution in [1.29, 1.82) is 0 Å². The van der Waals surface area contributed by atoms with Gasteiger partial charge >= 0.3 is 0 Å². The van der Waals surface area contributed by atoms with E-state index in [4.69, 9.17) is 4.74 Å². The van der Waals surface area contributed by atoms with Crippen LogP contribution >= 0.6 is 0 Å². The molecule has 0 bridgehead atoms. The first-order valence-corrected chi connectivity index (χ1v) is 8.03. The fourth-order valence-electron chi connectivity index (χ4n) is 2.53. The van der Waals surface area contributed by atoms with Crippen molar-refractivity contribution < 1.29 is 4.74 Å². The summed E-state index contributed by atoms with van der Waals surface area (Å²) < 4.78 is 5.56. The third kappa shape index (κ3) is 6.04. The number of likely N-dealkylation sites (N-methyl/N-ethyl adjacent to an activating group) is 1. The van der Waals surface area contributed by atoms with E-state index in [0.29, 0.717) is 0 Å². The number of benzene rings is 1. The Morgan fingerprint density at radius 1 is 1.10 bits per heavy atom. The predicted molar refractivity (Wildman–Crippen MR) is 89.0 cm³/mol. The number of anilines is 1. The highest BCUT2D eigenvalue weighted by Gasteiger charge is 2.11. The lowest BCUT2D eigenvalue weighted by Crippen LogP contribution is -2.23. The molecule has 1 N–H and O–H groups in total. The zero-order valence-electron chi connectivity index (χ0n) is 13.5. The van der Waals surface area contributed by atoms with Crippen LogP contribution in [0.25, 0.3) is 0 Å². The maximum absolute atomic E-state index is 5.56. The lowest BCUT2D eigenvalue weighted by molar-refractivity contribution is 0.119. The molecule has 1 saturated heterocycles. The normalized spacial score (nSPS) is 15.1. The molecule has 1 aliphatic heterocycles. The highest BCUT2D eigenvalue weighted by atomic mass is 16.5. The van der Waals surface area contributed by atoms with Gasteiger partial charge < -0.3 is 19.9 Å². The fraction of sp³-hybridized carbons (Fsp3) is 0.647. The molecule has 1 aromatic carbocycles. The Morgan fingerprint density at radius 3 is 2.48 bits per heavy atom. The van der Waals surface area contributed by atoms with Gasteiger partial charge in [0, 0.05) is 38.4 Å². The molecule has 2 rings (SSSR count). The van der Waals surface area contributed by atoms with Gasteiger partial charge in [-0.3, -0.25) is 0 Å². The van der Waals surface area contributed by atoms with Crippen LogP contribution in [-0.4, -0.2) is 58.4 Å². The maximum Gasteiger partial charge on any atom is 0.0593 e. The lowest BCUT2D eigenvalue weighted by atomic mass is 10.2. The van der Waals surface area contributed by atoms with Crippen molar-refractivity contribution in [2.45, 2.75) is 19.4 Å². The second-order valence-corrected chi connectivity index (χ2v) is 5.95. The number of nitrogens with one attached hydrogen (secondary N) is 1. The van der Waals surface area contributed by atoms with Crippen molar-refractivity contribution in [3.8, 4) is 0 Å². The highest BCUT2D eigenvalue weighted by Crippen LogP contribution is 2.20. The van der Waals surface area contributed by atoms with Gasteiger partial charge in [0.1, 0.15) is 0 Å². The van der Waals surface area contributed by atoms with E-state index in [1.165, 1.54) is 37.2 Å². The summed E-state index contributed by atoms with van der Waals surface area (Å²) >= 11 is 0. The summed E-state index contributed by atoms with van der Waals surface area (Å²) in [5.74, 6) is 0. The molecule has 0 atom stereocenters. The minimum Gasteiger partial charge on any atom is -0.379 e. The predicted octanol–water partition coefficient (Wildman–Crippen LogP) is 1.95. The van der Waals surface area contributed by atoms with E-state index in [9.17, 15) is 0 Å². The molecule has 1 heterocycles. The Kier molecular flexibility index (Phi) is 7.00. The van der Waals surface area contributed by atoms with E-state index in [-0.39, 0.29) is 0 Å². The standard InChI is InChI=1S/C17H29N3O/c1-19(2)12-14-21-13-9-18-15-16-5-7-17(8-6-16)20-10-3-4-11-20/h5-8,18H,3-4,9-15H2,1-2H3. The molecule has 0 amide bonds. The Morgan fingerprint density at radius 2 is 1.81 bits per heavy atom. The van der Waals surface area contributed by atoms with Crippen molar-refractivity contribution in [3.05, 3.63) is 29.8 Å². The van der Waals surface area contributed by atoms with Crippen LogP contribution in [0, 0.1) is 0 Å². The van der Waals surface area contributed by atoms with Gasteiger partial charge in [-0.05, 0) is 44.6 Å². The first-order valence-electron chi connectivity index (χ1n) is 8.03. The van der Waals surface area contributed by atoms with E-state index in [1.54, 1.807) is 0 Å². The van der Waals surface area contributed by atoms with Crippen molar-refractivity contribution >= 4 is 5.69 Å². The summed E-state index contributed by atoms with van der Waals surface area (Å²) in [7, 11) is 4.13. The fourth-order valence-corrected chi connectivity index (χ4v) is 2.53. The van der Waals surface area contributed by atoms with Crippen LogP contribution in [0.5, 0.6) is 0 Å². The Hall–Kier alpha value is -1.10. The van der Waals surface area contributed by atoms with E-state index < -0.39 is 0 Å². The number of rotatable bonds is 9. The molecule has 4 heteroatoms. The van der Waals surface area contributed by atoms with Crippen LogP contribution < -0.4 is 10.2 Å². The average molecular weight is 291 g/mol. The SMILES string of the molecule is CN(C)CCOCCNCc1ccc(N2CCCC2)cc1. The molecular formula is C17H29N3O. The molecule has 118 valence electrons. The maximum atomic E-state index is 5.56. The monoisotopic (exact) mass is 291 g/mol. The molecule has 1 aromatic rings. The minimum atomic E-state index is 0.777. The van der Waals surface area contributed by atoms with Crippen LogP contribution in [0.15, 0.2) is 24.3 Å². The average Bonchev–Trinajstić information content (AvgIpc) is 3.01. The van der Waals surface area contributed by atoms with E-state index >= 15 is 0 Å². The van der Waals surface area contributed by atoms with Crippen LogP contribution in [0.1, 0.15) is 18.4 Å². The lowest BCUT2D eigenvalue weighted by Gasteiger charge is -2.17. The largest absolute Gasteiger partial charge is 0.379 e. The highest BCUT2D eigenvalue weighted by molar-refractivity contribution is 5.48.